The predicted molar refractivity (Wildman–Crippen MR) is 139 cm³/mol. The van der Waals surface area contributed by atoms with E-state index >= 15 is 0 Å². The lowest BCUT2D eigenvalue weighted by atomic mass is 9.81. The van der Waals surface area contributed by atoms with Crippen molar-refractivity contribution in [2.24, 2.45) is 0 Å². The van der Waals surface area contributed by atoms with Crippen molar-refractivity contribution < 1.29 is 9.13 Å². The third kappa shape index (κ3) is 4.15. The van der Waals surface area contributed by atoms with Crippen LogP contribution in [-0.2, 0) is 16.9 Å². The van der Waals surface area contributed by atoms with Crippen molar-refractivity contribution in [3.8, 4) is 6.07 Å². The molecule has 3 aromatic carbocycles. The Balaban J connectivity index is 1.13. The van der Waals surface area contributed by atoms with Crippen molar-refractivity contribution in [1.82, 2.24) is 9.88 Å². The molecule has 0 amide bonds. The monoisotopic (exact) mass is 480 g/mol. The minimum Gasteiger partial charge on any atom is -0.369 e. The smallest absolute Gasteiger partial charge is 0.123 e. The molecule has 2 aliphatic heterocycles. The Kier molecular flexibility index (Phi) is 5.96. The minimum atomic E-state index is -0.606. The van der Waals surface area contributed by atoms with Crippen molar-refractivity contribution >= 4 is 16.6 Å². The van der Waals surface area contributed by atoms with E-state index in [1.807, 2.05) is 36.5 Å². The molecule has 6 heteroatoms. The number of halogens is 1. The van der Waals surface area contributed by atoms with Gasteiger partial charge in [-0.3, -0.25) is 4.90 Å². The van der Waals surface area contributed by atoms with Gasteiger partial charge in [0.05, 0.1) is 18.2 Å². The van der Waals surface area contributed by atoms with Crippen molar-refractivity contribution in [3.05, 3.63) is 101 Å². The summed E-state index contributed by atoms with van der Waals surface area (Å²) in [5.74, 6) is -0.250. The van der Waals surface area contributed by atoms with Gasteiger partial charge in [0.2, 0.25) is 0 Å². The number of aromatic amines is 1. The van der Waals surface area contributed by atoms with Crippen LogP contribution in [0, 0.1) is 17.1 Å². The summed E-state index contributed by atoms with van der Waals surface area (Å²) in [6.45, 7) is 5.52. The van der Waals surface area contributed by atoms with E-state index in [-0.39, 0.29) is 5.82 Å². The second-order valence-electron chi connectivity index (χ2n) is 9.79. The Hall–Kier alpha value is -3.66. The standard InChI is InChI=1S/C30H29FN4O/c31-26-5-3-25(4-6-26)30(28-8-2-22(20-32)18-24(28)21-36-30)11-1-13-34-14-16-35(17-15-34)27-7-9-29-23(19-27)10-12-33-29/h2-10,12,18-19,33H,1,11,13-17,21H2. The Morgan fingerprint density at radius 1 is 0.972 bits per heavy atom. The van der Waals surface area contributed by atoms with E-state index in [0.29, 0.717) is 12.2 Å². The van der Waals surface area contributed by atoms with Crippen molar-refractivity contribution in [2.45, 2.75) is 25.0 Å². The van der Waals surface area contributed by atoms with Gasteiger partial charge in [-0.15, -0.1) is 0 Å². The van der Waals surface area contributed by atoms with Crippen LogP contribution in [0.15, 0.2) is 72.9 Å². The summed E-state index contributed by atoms with van der Waals surface area (Å²) < 4.78 is 20.2. The summed E-state index contributed by atoms with van der Waals surface area (Å²) in [5, 5.41) is 10.6. The maximum Gasteiger partial charge on any atom is 0.123 e. The molecule has 182 valence electrons. The van der Waals surface area contributed by atoms with Crippen molar-refractivity contribution in [3.63, 3.8) is 0 Å². The number of ether oxygens (including phenoxy) is 1. The average Bonchev–Trinajstić information content (AvgIpc) is 3.54. The number of aromatic nitrogens is 1. The van der Waals surface area contributed by atoms with Gasteiger partial charge in [-0.25, -0.2) is 4.39 Å². The fourth-order valence-corrected chi connectivity index (χ4v) is 5.78. The summed E-state index contributed by atoms with van der Waals surface area (Å²) >= 11 is 0. The first-order valence-corrected chi connectivity index (χ1v) is 12.6. The van der Waals surface area contributed by atoms with E-state index in [1.54, 1.807) is 0 Å². The molecule has 2 aliphatic rings. The molecule has 4 aromatic rings. The van der Waals surface area contributed by atoms with E-state index in [9.17, 15) is 9.65 Å². The van der Waals surface area contributed by atoms with Crippen molar-refractivity contribution in [1.29, 1.82) is 5.26 Å². The molecule has 1 aromatic heterocycles. The van der Waals surface area contributed by atoms with Crippen LogP contribution in [0.2, 0.25) is 0 Å². The quantitative estimate of drug-likeness (QED) is 0.393. The van der Waals surface area contributed by atoms with E-state index in [4.69, 9.17) is 4.74 Å². The number of benzene rings is 3. The van der Waals surface area contributed by atoms with E-state index < -0.39 is 5.60 Å². The molecule has 0 aliphatic carbocycles. The molecule has 0 radical (unpaired) electrons. The SMILES string of the molecule is N#Cc1ccc2c(c1)COC2(CCCN1CCN(c2ccc3[nH]ccc3c2)CC1)c1ccc(F)cc1. The number of nitriles is 1. The van der Waals surface area contributed by atoms with Gasteiger partial charge in [-0.05, 0) is 84.6 Å². The molecule has 0 saturated carbocycles. The highest BCUT2D eigenvalue weighted by Crippen LogP contribution is 2.45. The molecule has 1 fully saturated rings. The topological polar surface area (TPSA) is 55.3 Å². The maximum absolute atomic E-state index is 13.7. The van der Waals surface area contributed by atoms with Crippen LogP contribution in [0.4, 0.5) is 10.1 Å². The van der Waals surface area contributed by atoms with Crippen LogP contribution in [0.1, 0.15) is 35.1 Å². The van der Waals surface area contributed by atoms with E-state index in [0.717, 1.165) is 62.3 Å². The summed E-state index contributed by atoms with van der Waals surface area (Å²) in [6, 6.07) is 23.4. The molecule has 1 N–H and O–H groups in total. The Labute approximate surface area is 210 Å². The highest BCUT2D eigenvalue weighted by Gasteiger charge is 2.41. The van der Waals surface area contributed by atoms with E-state index in [1.165, 1.54) is 28.7 Å². The van der Waals surface area contributed by atoms with Crippen LogP contribution in [0.5, 0.6) is 0 Å². The zero-order chi connectivity index (χ0) is 24.5. The normalized spacial score (nSPS) is 19.9. The summed E-state index contributed by atoms with van der Waals surface area (Å²) in [6.07, 6.45) is 3.76. The van der Waals surface area contributed by atoms with Crippen LogP contribution >= 0.6 is 0 Å². The molecule has 0 spiro atoms. The van der Waals surface area contributed by atoms with Gasteiger partial charge < -0.3 is 14.6 Å². The number of nitrogens with one attached hydrogen (secondary N) is 1. The van der Waals surface area contributed by atoms with Gasteiger partial charge in [0.1, 0.15) is 11.4 Å². The van der Waals surface area contributed by atoms with Gasteiger partial charge in [-0.1, -0.05) is 18.2 Å². The van der Waals surface area contributed by atoms with Crippen LogP contribution in [0.3, 0.4) is 0 Å². The Morgan fingerprint density at radius 2 is 1.81 bits per heavy atom. The highest BCUT2D eigenvalue weighted by atomic mass is 19.1. The lowest BCUT2D eigenvalue weighted by Crippen LogP contribution is -2.46. The highest BCUT2D eigenvalue weighted by molar-refractivity contribution is 5.83. The molecular formula is C30H29FN4O. The maximum atomic E-state index is 13.7. The number of fused-ring (bicyclic) bond motifs is 2. The zero-order valence-electron chi connectivity index (χ0n) is 20.2. The molecule has 1 saturated heterocycles. The predicted octanol–water partition coefficient (Wildman–Crippen LogP) is 5.55. The zero-order valence-corrected chi connectivity index (χ0v) is 20.2. The minimum absolute atomic E-state index is 0.250. The third-order valence-corrected chi connectivity index (χ3v) is 7.73. The Morgan fingerprint density at radius 3 is 2.61 bits per heavy atom. The average molecular weight is 481 g/mol. The number of hydrogen-bond donors (Lipinski definition) is 1. The van der Waals surface area contributed by atoms with Crippen LogP contribution in [-0.4, -0.2) is 42.6 Å². The largest absolute Gasteiger partial charge is 0.369 e. The number of nitrogens with zero attached hydrogens (tertiary/aromatic N) is 3. The molecule has 6 rings (SSSR count). The summed E-state index contributed by atoms with van der Waals surface area (Å²) in [4.78, 5) is 8.25. The molecule has 36 heavy (non-hydrogen) atoms. The molecule has 5 nitrogen and oxygen atoms in total. The fraction of sp³-hybridized carbons (Fsp3) is 0.300. The van der Waals surface area contributed by atoms with Gasteiger partial charge in [-0.2, -0.15) is 5.26 Å². The molecule has 0 bridgehead atoms. The van der Waals surface area contributed by atoms with Crippen molar-refractivity contribution in [2.75, 3.05) is 37.6 Å². The summed E-state index contributed by atoms with van der Waals surface area (Å²) in [7, 11) is 0. The molecular weight excluding hydrogens is 451 g/mol. The number of rotatable bonds is 6. The number of hydrogen-bond acceptors (Lipinski definition) is 4. The fourth-order valence-electron chi connectivity index (χ4n) is 5.78. The Bertz CT molecular complexity index is 1420. The van der Waals surface area contributed by atoms with Crippen LogP contribution < -0.4 is 4.90 Å². The number of H-pyrrole nitrogens is 1. The second-order valence-corrected chi connectivity index (χ2v) is 9.79. The first-order chi connectivity index (χ1) is 17.6. The van der Waals surface area contributed by atoms with Gasteiger partial charge in [0.15, 0.2) is 0 Å². The molecule has 1 unspecified atom stereocenters. The number of anilines is 1. The van der Waals surface area contributed by atoms with Gasteiger partial charge in [0.25, 0.3) is 0 Å². The lowest BCUT2D eigenvalue weighted by molar-refractivity contribution is -0.0146. The summed E-state index contributed by atoms with van der Waals surface area (Å²) in [5.41, 5.74) is 5.60. The second kappa shape index (κ2) is 9.42. The first kappa shape index (κ1) is 22.8. The van der Waals surface area contributed by atoms with Gasteiger partial charge >= 0.3 is 0 Å². The number of piperazine rings is 1. The third-order valence-electron chi connectivity index (χ3n) is 7.73. The van der Waals surface area contributed by atoms with E-state index in [2.05, 4.69) is 45.1 Å². The first-order valence-electron chi connectivity index (χ1n) is 12.6. The molecule has 1 atom stereocenters. The lowest BCUT2D eigenvalue weighted by Gasteiger charge is -2.37. The van der Waals surface area contributed by atoms with Gasteiger partial charge in [0, 0.05) is 49.0 Å². The molecule has 3 heterocycles. The van der Waals surface area contributed by atoms with Crippen LogP contribution in [0.25, 0.3) is 10.9 Å².